The fourth-order valence-electron chi connectivity index (χ4n) is 2.85. The van der Waals surface area contributed by atoms with Crippen molar-refractivity contribution in [3.8, 4) is 0 Å². The van der Waals surface area contributed by atoms with E-state index in [1.54, 1.807) is 23.1 Å². The van der Waals surface area contributed by atoms with E-state index in [9.17, 15) is 13.2 Å². The Kier molecular flexibility index (Phi) is 6.07. The van der Waals surface area contributed by atoms with Gasteiger partial charge in [-0.3, -0.25) is 9.69 Å². The normalized spacial score (nSPS) is 11.9. The van der Waals surface area contributed by atoms with Crippen LogP contribution in [0.25, 0.3) is 10.2 Å². The first-order valence-corrected chi connectivity index (χ1v) is 11.9. The van der Waals surface area contributed by atoms with Crippen LogP contribution in [0.2, 0.25) is 0 Å². The highest BCUT2D eigenvalue weighted by molar-refractivity contribution is 7.90. The number of carbonyl (C=O) groups is 1. The number of likely N-dealkylation sites (N-methyl/N-ethyl adjacent to an activating group) is 1. The van der Waals surface area contributed by atoms with Crippen LogP contribution in [0, 0.1) is 13.8 Å². The third-order valence-corrected chi connectivity index (χ3v) is 6.93. The standard InChI is InChI=1S/C21H25N3O3S2/c1-14-6-7-16(12-15(14)2)20(25)24(11-10-23(3)4)21-22-18-9-8-17(29(5,26)27)13-19(18)28-21/h6-9,12-13H,10-11H2,1-5H3. The number of benzene rings is 2. The molecule has 0 saturated carbocycles. The predicted octanol–water partition coefficient (Wildman–Crippen LogP) is 3.53. The second-order valence-electron chi connectivity index (χ2n) is 7.46. The van der Waals surface area contributed by atoms with Crippen molar-refractivity contribution >= 4 is 42.4 Å². The zero-order chi connectivity index (χ0) is 21.3. The zero-order valence-electron chi connectivity index (χ0n) is 17.3. The number of carbonyl (C=O) groups excluding carboxylic acids is 1. The van der Waals surface area contributed by atoms with E-state index in [2.05, 4.69) is 4.98 Å². The molecule has 0 atom stereocenters. The summed E-state index contributed by atoms with van der Waals surface area (Å²) in [7, 11) is 0.604. The fraction of sp³-hybridized carbons (Fsp3) is 0.333. The SMILES string of the molecule is Cc1ccc(C(=O)N(CCN(C)C)c2nc3ccc(S(C)(=O)=O)cc3s2)cc1C. The molecule has 0 fully saturated rings. The van der Waals surface area contributed by atoms with Gasteiger partial charge in [0.2, 0.25) is 0 Å². The highest BCUT2D eigenvalue weighted by Gasteiger charge is 2.22. The second kappa shape index (κ2) is 8.22. The lowest BCUT2D eigenvalue weighted by molar-refractivity contribution is 0.0985. The molecule has 0 aliphatic carbocycles. The van der Waals surface area contributed by atoms with E-state index in [1.165, 1.54) is 17.6 Å². The van der Waals surface area contributed by atoms with Crippen LogP contribution >= 0.6 is 11.3 Å². The number of thiazole rings is 1. The van der Waals surface area contributed by atoms with Gasteiger partial charge in [-0.25, -0.2) is 13.4 Å². The first-order valence-electron chi connectivity index (χ1n) is 9.21. The van der Waals surface area contributed by atoms with E-state index in [1.807, 2.05) is 51.0 Å². The summed E-state index contributed by atoms with van der Waals surface area (Å²) in [5, 5.41) is 0.565. The molecule has 2 aromatic carbocycles. The number of aryl methyl sites for hydroxylation is 2. The lowest BCUT2D eigenvalue weighted by Crippen LogP contribution is -2.36. The molecule has 0 aliphatic heterocycles. The van der Waals surface area contributed by atoms with Gasteiger partial charge in [-0.2, -0.15) is 0 Å². The van der Waals surface area contributed by atoms with Crippen LogP contribution < -0.4 is 4.90 Å². The largest absolute Gasteiger partial charge is 0.308 e. The van der Waals surface area contributed by atoms with Crippen LogP contribution in [-0.2, 0) is 9.84 Å². The molecule has 0 radical (unpaired) electrons. The van der Waals surface area contributed by atoms with Crippen molar-refractivity contribution in [1.82, 2.24) is 9.88 Å². The topological polar surface area (TPSA) is 70.6 Å². The van der Waals surface area contributed by atoms with Gasteiger partial charge in [0.05, 0.1) is 15.1 Å². The molecule has 154 valence electrons. The summed E-state index contributed by atoms with van der Waals surface area (Å²) in [5.74, 6) is -0.114. The Labute approximate surface area is 175 Å². The van der Waals surface area contributed by atoms with Gasteiger partial charge in [-0.1, -0.05) is 17.4 Å². The minimum absolute atomic E-state index is 0.114. The molecular formula is C21H25N3O3S2. The Morgan fingerprint density at radius 3 is 2.38 bits per heavy atom. The highest BCUT2D eigenvalue weighted by atomic mass is 32.2. The molecule has 0 bridgehead atoms. The number of anilines is 1. The van der Waals surface area contributed by atoms with Gasteiger partial charge in [0, 0.05) is 24.9 Å². The van der Waals surface area contributed by atoms with Gasteiger partial charge in [-0.15, -0.1) is 0 Å². The first kappa shape index (κ1) is 21.4. The molecule has 1 amide bonds. The lowest BCUT2D eigenvalue weighted by Gasteiger charge is -2.22. The van der Waals surface area contributed by atoms with E-state index >= 15 is 0 Å². The molecule has 0 aliphatic rings. The Morgan fingerprint density at radius 1 is 1.03 bits per heavy atom. The molecule has 3 rings (SSSR count). The van der Waals surface area contributed by atoms with Crippen molar-refractivity contribution in [3.05, 3.63) is 53.1 Å². The average molecular weight is 432 g/mol. The van der Waals surface area contributed by atoms with E-state index < -0.39 is 9.84 Å². The monoisotopic (exact) mass is 431 g/mol. The van der Waals surface area contributed by atoms with Crippen LogP contribution in [0.5, 0.6) is 0 Å². The van der Waals surface area contributed by atoms with Crippen molar-refractivity contribution in [2.75, 3.05) is 38.3 Å². The van der Waals surface area contributed by atoms with Crippen LogP contribution in [0.15, 0.2) is 41.3 Å². The summed E-state index contributed by atoms with van der Waals surface area (Å²) < 4.78 is 24.5. The summed E-state index contributed by atoms with van der Waals surface area (Å²) in [5.41, 5.74) is 3.49. The van der Waals surface area contributed by atoms with Gasteiger partial charge in [-0.05, 0) is 69.4 Å². The fourth-order valence-corrected chi connectivity index (χ4v) is 4.60. The van der Waals surface area contributed by atoms with Gasteiger partial charge in [0.1, 0.15) is 0 Å². The number of amides is 1. The molecule has 1 aromatic heterocycles. The van der Waals surface area contributed by atoms with Crippen LogP contribution in [0.1, 0.15) is 21.5 Å². The number of hydrogen-bond acceptors (Lipinski definition) is 6. The molecule has 0 spiro atoms. The highest BCUT2D eigenvalue weighted by Crippen LogP contribution is 2.31. The van der Waals surface area contributed by atoms with Gasteiger partial charge in [0.25, 0.3) is 5.91 Å². The minimum atomic E-state index is -3.30. The second-order valence-corrected chi connectivity index (χ2v) is 10.5. The molecule has 0 saturated heterocycles. The molecule has 8 heteroatoms. The van der Waals surface area contributed by atoms with Crippen molar-refractivity contribution in [3.63, 3.8) is 0 Å². The molecule has 6 nitrogen and oxygen atoms in total. The quantitative estimate of drug-likeness (QED) is 0.597. The predicted molar refractivity (Wildman–Crippen MR) is 119 cm³/mol. The Bertz CT molecular complexity index is 1170. The van der Waals surface area contributed by atoms with Gasteiger partial charge >= 0.3 is 0 Å². The molecule has 3 aromatic rings. The summed E-state index contributed by atoms with van der Waals surface area (Å²) in [4.78, 5) is 21.8. The Balaban J connectivity index is 2.03. The van der Waals surface area contributed by atoms with Crippen LogP contribution in [0.4, 0.5) is 5.13 Å². The molecular weight excluding hydrogens is 406 g/mol. The van der Waals surface area contributed by atoms with Crippen LogP contribution in [0.3, 0.4) is 0 Å². The number of aromatic nitrogens is 1. The van der Waals surface area contributed by atoms with Crippen LogP contribution in [-0.4, -0.2) is 57.6 Å². The first-order chi connectivity index (χ1) is 13.6. The maximum atomic E-state index is 13.3. The third kappa shape index (κ3) is 4.83. The third-order valence-electron chi connectivity index (χ3n) is 4.78. The number of rotatable bonds is 6. The minimum Gasteiger partial charge on any atom is -0.308 e. The summed E-state index contributed by atoms with van der Waals surface area (Å²) in [6.07, 6.45) is 1.18. The van der Waals surface area contributed by atoms with Crippen molar-refractivity contribution < 1.29 is 13.2 Å². The zero-order valence-corrected chi connectivity index (χ0v) is 18.9. The van der Waals surface area contributed by atoms with E-state index in [0.717, 1.165) is 15.8 Å². The number of hydrogen-bond donors (Lipinski definition) is 0. The van der Waals surface area contributed by atoms with Gasteiger partial charge in [0.15, 0.2) is 15.0 Å². The number of nitrogens with zero attached hydrogens (tertiary/aromatic N) is 3. The molecule has 1 heterocycles. The Hall–Kier alpha value is -2.29. The van der Waals surface area contributed by atoms with E-state index in [4.69, 9.17) is 0 Å². The summed E-state index contributed by atoms with van der Waals surface area (Å²) >= 11 is 1.33. The average Bonchev–Trinajstić information content (AvgIpc) is 3.05. The maximum absolute atomic E-state index is 13.3. The molecule has 0 unspecified atom stereocenters. The maximum Gasteiger partial charge on any atom is 0.260 e. The summed E-state index contributed by atoms with van der Waals surface area (Å²) in [6.45, 7) is 5.17. The lowest BCUT2D eigenvalue weighted by atomic mass is 10.1. The molecule has 29 heavy (non-hydrogen) atoms. The van der Waals surface area contributed by atoms with Crippen molar-refractivity contribution in [2.24, 2.45) is 0 Å². The van der Waals surface area contributed by atoms with Crippen molar-refractivity contribution in [2.45, 2.75) is 18.7 Å². The number of sulfone groups is 1. The van der Waals surface area contributed by atoms with Crippen molar-refractivity contribution in [1.29, 1.82) is 0 Å². The van der Waals surface area contributed by atoms with E-state index in [-0.39, 0.29) is 10.8 Å². The summed E-state index contributed by atoms with van der Waals surface area (Å²) in [6, 6.07) is 10.5. The van der Waals surface area contributed by atoms with Gasteiger partial charge < -0.3 is 4.90 Å². The molecule has 0 N–H and O–H groups in total. The smallest absolute Gasteiger partial charge is 0.260 e. The number of fused-ring (bicyclic) bond motifs is 1. The Morgan fingerprint density at radius 2 is 1.76 bits per heavy atom. The van der Waals surface area contributed by atoms with E-state index in [0.29, 0.717) is 29.3 Å².